The molecule has 1 amide bonds. The maximum atomic E-state index is 12.7. The number of aryl methyl sites for hydroxylation is 1. The van der Waals surface area contributed by atoms with Crippen LogP contribution in [0.4, 0.5) is 0 Å². The van der Waals surface area contributed by atoms with Crippen LogP contribution in [0.1, 0.15) is 28.0 Å². The van der Waals surface area contributed by atoms with Gasteiger partial charge in [0.2, 0.25) is 5.88 Å². The molecular weight excluding hydrogens is 312 g/mol. The van der Waals surface area contributed by atoms with E-state index in [1.807, 2.05) is 0 Å². The second-order valence-corrected chi connectivity index (χ2v) is 5.44. The van der Waals surface area contributed by atoms with Crippen LogP contribution < -0.4 is 10.3 Å². The Balaban J connectivity index is 1.82. The van der Waals surface area contributed by atoms with Crippen LogP contribution in [0, 0.1) is 6.92 Å². The maximum Gasteiger partial charge on any atom is 0.259 e. The molecule has 24 heavy (non-hydrogen) atoms. The molecular formula is C16H18N4O4. The Labute approximate surface area is 138 Å². The van der Waals surface area contributed by atoms with E-state index in [0.29, 0.717) is 36.8 Å². The number of hydrogen-bond donors (Lipinski definition) is 1. The summed E-state index contributed by atoms with van der Waals surface area (Å²) < 4.78 is 10.8. The fourth-order valence-corrected chi connectivity index (χ4v) is 2.64. The second-order valence-electron chi connectivity index (χ2n) is 5.44. The SMILES string of the molecule is COc1ncccc1C(=O)N1CCO[C@H](c2nc(C)cc(=O)[nH]2)C1. The van der Waals surface area contributed by atoms with E-state index in [0.717, 1.165) is 0 Å². The van der Waals surface area contributed by atoms with Gasteiger partial charge in [-0.2, -0.15) is 0 Å². The van der Waals surface area contributed by atoms with E-state index in [2.05, 4.69) is 15.0 Å². The molecule has 1 aliphatic heterocycles. The minimum absolute atomic E-state index is 0.191. The lowest BCUT2D eigenvalue weighted by molar-refractivity contribution is -0.0270. The Morgan fingerprint density at radius 1 is 1.50 bits per heavy atom. The van der Waals surface area contributed by atoms with Crippen LogP contribution in [0.5, 0.6) is 5.88 Å². The first-order valence-electron chi connectivity index (χ1n) is 7.56. The van der Waals surface area contributed by atoms with Gasteiger partial charge in [0.25, 0.3) is 11.5 Å². The smallest absolute Gasteiger partial charge is 0.259 e. The minimum atomic E-state index is -0.474. The highest BCUT2D eigenvalue weighted by Gasteiger charge is 2.29. The van der Waals surface area contributed by atoms with Crippen molar-refractivity contribution >= 4 is 5.91 Å². The molecule has 0 unspecified atom stereocenters. The van der Waals surface area contributed by atoms with Crippen LogP contribution >= 0.6 is 0 Å². The van der Waals surface area contributed by atoms with Crippen LogP contribution in [0.15, 0.2) is 29.2 Å². The number of morpholine rings is 1. The highest BCUT2D eigenvalue weighted by Crippen LogP contribution is 2.22. The molecule has 3 rings (SSSR count). The summed E-state index contributed by atoms with van der Waals surface area (Å²) in [6, 6.07) is 4.77. The molecule has 8 heteroatoms. The molecule has 0 radical (unpaired) electrons. The summed E-state index contributed by atoms with van der Waals surface area (Å²) >= 11 is 0. The molecule has 3 heterocycles. The topological polar surface area (TPSA) is 97.4 Å². The van der Waals surface area contributed by atoms with Gasteiger partial charge in [-0.25, -0.2) is 9.97 Å². The molecule has 1 saturated heterocycles. The third kappa shape index (κ3) is 3.28. The molecule has 2 aromatic heterocycles. The molecule has 1 atom stereocenters. The summed E-state index contributed by atoms with van der Waals surface area (Å²) in [5.41, 5.74) is 0.763. The molecule has 1 N–H and O–H groups in total. The van der Waals surface area contributed by atoms with Gasteiger partial charge in [0.05, 0.1) is 20.3 Å². The number of pyridine rings is 1. The van der Waals surface area contributed by atoms with Crippen molar-refractivity contribution in [2.45, 2.75) is 13.0 Å². The lowest BCUT2D eigenvalue weighted by atomic mass is 10.2. The zero-order chi connectivity index (χ0) is 17.1. The van der Waals surface area contributed by atoms with E-state index in [-0.39, 0.29) is 17.3 Å². The van der Waals surface area contributed by atoms with Gasteiger partial charge in [0, 0.05) is 24.5 Å². The van der Waals surface area contributed by atoms with Gasteiger partial charge >= 0.3 is 0 Å². The molecule has 0 aromatic carbocycles. The monoisotopic (exact) mass is 330 g/mol. The maximum absolute atomic E-state index is 12.7. The minimum Gasteiger partial charge on any atom is -0.480 e. The molecule has 0 saturated carbocycles. The van der Waals surface area contributed by atoms with Crippen molar-refractivity contribution in [1.29, 1.82) is 0 Å². The zero-order valence-corrected chi connectivity index (χ0v) is 13.5. The first-order chi connectivity index (χ1) is 11.6. The fraction of sp³-hybridized carbons (Fsp3) is 0.375. The number of hydrogen-bond acceptors (Lipinski definition) is 6. The first-order valence-corrected chi connectivity index (χ1v) is 7.56. The molecule has 0 bridgehead atoms. The lowest BCUT2D eigenvalue weighted by Gasteiger charge is -2.32. The van der Waals surface area contributed by atoms with Crippen molar-refractivity contribution in [3.63, 3.8) is 0 Å². The Hall–Kier alpha value is -2.74. The van der Waals surface area contributed by atoms with Crippen molar-refractivity contribution in [3.8, 4) is 5.88 Å². The number of H-pyrrole nitrogens is 1. The number of nitrogens with one attached hydrogen (secondary N) is 1. The fourth-order valence-electron chi connectivity index (χ4n) is 2.64. The molecule has 2 aromatic rings. The predicted molar refractivity (Wildman–Crippen MR) is 85.0 cm³/mol. The van der Waals surface area contributed by atoms with Crippen LogP contribution in [0.25, 0.3) is 0 Å². The van der Waals surface area contributed by atoms with Crippen LogP contribution in [0.2, 0.25) is 0 Å². The predicted octanol–water partition coefficient (Wildman–Crippen LogP) is 0.696. The number of ether oxygens (including phenoxy) is 2. The number of aromatic nitrogens is 3. The second kappa shape index (κ2) is 6.79. The number of amides is 1. The van der Waals surface area contributed by atoms with E-state index < -0.39 is 6.10 Å². The highest BCUT2D eigenvalue weighted by atomic mass is 16.5. The number of nitrogens with zero attached hydrogens (tertiary/aromatic N) is 3. The van der Waals surface area contributed by atoms with E-state index in [1.54, 1.807) is 30.2 Å². The summed E-state index contributed by atoms with van der Waals surface area (Å²) in [6.45, 7) is 2.84. The molecule has 8 nitrogen and oxygen atoms in total. The summed E-state index contributed by atoms with van der Waals surface area (Å²) in [5, 5.41) is 0. The third-order valence-electron chi connectivity index (χ3n) is 3.74. The third-order valence-corrected chi connectivity index (χ3v) is 3.74. The Morgan fingerprint density at radius 3 is 3.08 bits per heavy atom. The van der Waals surface area contributed by atoms with Crippen molar-refractivity contribution < 1.29 is 14.3 Å². The first kappa shape index (κ1) is 16.1. The van der Waals surface area contributed by atoms with E-state index in [1.165, 1.54) is 13.2 Å². The quantitative estimate of drug-likeness (QED) is 0.889. The van der Waals surface area contributed by atoms with Gasteiger partial charge in [0.15, 0.2) is 0 Å². The summed E-state index contributed by atoms with van der Waals surface area (Å²) in [6.07, 6.45) is 1.09. The molecule has 126 valence electrons. The van der Waals surface area contributed by atoms with Crippen LogP contribution in [0.3, 0.4) is 0 Å². The standard InChI is InChI=1S/C16H18N4O4/c1-10-8-13(21)19-14(18-10)12-9-20(6-7-24-12)16(22)11-4-3-5-17-15(11)23-2/h3-5,8,12H,6-7,9H2,1-2H3,(H,18,19,21)/t12-/m0/s1. The van der Waals surface area contributed by atoms with E-state index >= 15 is 0 Å². The summed E-state index contributed by atoms with van der Waals surface area (Å²) in [4.78, 5) is 37.0. The van der Waals surface area contributed by atoms with Gasteiger partial charge in [-0.3, -0.25) is 9.59 Å². The number of carbonyl (C=O) groups excluding carboxylic acids is 1. The molecule has 1 aliphatic rings. The normalized spacial score (nSPS) is 17.6. The van der Waals surface area contributed by atoms with Crippen molar-refractivity contribution in [2.24, 2.45) is 0 Å². The average molecular weight is 330 g/mol. The van der Waals surface area contributed by atoms with E-state index in [4.69, 9.17) is 9.47 Å². The van der Waals surface area contributed by atoms with Gasteiger partial charge in [-0.15, -0.1) is 0 Å². The van der Waals surface area contributed by atoms with Gasteiger partial charge in [-0.05, 0) is 19.1 Å². The summed E-state index contributed by atoms with van der Waals surface area (Å²) in [5.74, 6) is 0.520. The Bertz CT molecular complexity index is 805. The zero-order valence-electron chi connectivity index (χ0n) is 13.5. The molecule has 0 aliphatic carbocycles. The molecule has 0 spiro atoms. The number of methoxy groups -OCH3 is 1. The summed E-state index contributed by atoms with van der Waals surface area (Å²) in [7, 11) is 1.47. The number of rotatable bonds is 3. The van der Waals surface area contributed by atoms with E-state index in [9.17, 15) is 9.59 Å². The van der Waals surface area contributed by atoms with Gasteiger partial charge in [0.1, 0.15) is 17.5 Å². The highest BCUT2D eigenvalue weighted by molar-refractivity contribution is 5.96. The van der Waals surface area contributed by atoms with Gasteiger partial charge in [-0.1, -0.05) is 0 Å². The largest absolute Gasteiger partial charge is 0.480 e. The van der Waals surface area contributed by atoms with Crippen LogP contribution in [-0.4, -0.2) is 52.6 Å². The Kier molecular flexibility index (Phi) is 4.57. The molecule has 1 fully saturated rings. The average Bonchev–Trinajstić information content (AvgIpc) is 2.60. The van der Waals surface area contributed by atoms with Gasteiger partial charge < -0.3 is 19.4 Å². The Morgan fingerprint density at radius 2 is 2.33 bits per heavy atom. The van der Waals surface area contributed by atoms with Crippen molar-refractivity contribution in [2.75, 3.05) is 26.8 Å². The van der Waals surface area contributed by atoms with Crippen molar-refractivity contribution in [1.82, 2.24) is 19.9 Å². The van der Waals surface area contributed by atoms with Crippen molar-refractivity contribution in [3.05, 3.63) is 51.8 Å². The number of aromatic amines is 1. The van der Waals surface area contributed by atoms with Crippen LogP contribution in [-0.2, 0) is 4.74 Å². The number of carbonyl (C=O) groups is 1. The lowest BCUT2D eigenvalue weighted by Crippen LogP contribution is -2.43.